The lowest BCUT2D eigenvalue weighted by atomic mass is 9.98. The fraction of sp³-hybridized carbons (Fsp3) is 0.636. The molecule has 3 aliphatic rings. The summed E-state index contributed by atoms with van der Waals surface area (Å²) in [6.45, 7) is 3.32. The lowest BCUT2D eigenvalue weighted by Gasteiger charge is -2.38. The maximum atomic E-state index is 12.8. The minimum absolute atomic E-state index is 0.0121. The zero-order valence-electron chi connectivity index (χ0n) is 16.4. The van der Waals surface area contributed by atoms with Gasteiger partial charge in [0.05, 0.1) is 18.8 Å². The second-order valence-corrected chi connectivity index (χ2v) is 8.27. The van der Waals surface area contributed by atoms with E-state index in [4.69, 9.17) is 4.74 Å². The molecule has 6 heteroatoms. The lowest BCUT2D eigenvalue weighted by Crippen LogP contribution is -2.55. The molecule has 1 aromatic rings. The molecule has 152 valence electrons. The van der Waals surface area contributed by atoms with Crippen molar-refractivity contribution in [3.63, 3.8) is 0 Å². The molecule has 0 saturated carbocycles. The Labute approximate surface area is 167 Å². The molecule has 0 radical (unpaired) electrons. The number of rotatable bonds is 6. The maximum absolute atomic E-state index is 12.8. The standard InChI is InChI=1S/C22H31N3O3/c26-21-9-8-20(28-15-17-4-2-1-3-5-17)18-6-7-19(25(18)21)22(27)24-14-16-10-12-23-13-11-16/h1-5,16,18-20,23H,6-15H2,(H,24,27)/t18-,19-,20-/m0/s1. The predicted octanol–water partition coefficient (Wildman–Crippen LogP) is 1.84. The molecule has 1 aromatic carbocycles. The topological polar surface area (TPSA) is 70.7 Å². The quantitative estimate of drug-likeness (QED) is 0.784. The first-order valence-electron chi connectivity index (χ1n) is 10.7. The molecule has 0 unspecified atom stereocenters. The third-order valence-corrected chi connectivity index (χ3v) is 6.42. The van der Waals surface area contributed by atoms with Crippen LogP contribution in [-0.2, 0) is 20.9 Å². The van der Waals surface area contributed by atoms with Crippen LogP contribution >= 0.6 is 0 Å². The molecule has 2 N–H and O–H groups in total. The highest BCUT2D eigenvalue weighted by molar-refractivity contribution is 5.89. The molecular formula is C22H31N3O3. The summed E-state index contributed by atoms with van der Waals surface area (Å²) in [5, 5.41) is 6.47. The van der Waals surface area contributed by atoms with Crippen LogP contribution in [0.15, 0.2) is 30.3 Å². The molecule has 3 aliphatic heterocycles. The molecule has 3 fully saturated rings. The Morgan fingerprint density at radius 2 is 1.89 bits per heavy atom. The summed E-state index contributed by atoms with van der Waals surface area (Å²) in [5.41, 5.74) is 1.14. The van der Waals surface area contributed by atoms with Crippen molar-refractivity contribution in [2.24, 2.45) is 5.92 Å². The number of amides is 2. The van der Waals surface area contributed by atoms with Gasteiger partial charge >= 0.3 is 0 Å². The van der Waals surface area contributed by atoms with Crippen molar-refractivity contribution < 1.29 is 14.3 Å². The van der Waals surface area contributed by atoms with Gasteiger partial charge < -0.3 is 20.3 Å². The van der Waals surface area contributed by atoms with Gasteiger partial charge in [-0.15, -0.1) is 0 Å². The molecule has 0 aliphatic carbocycles. The molecule has 4 rings (SSSR count). The van der Waals surface area contributed by atoms with E-state index in [9.17, 15) is 9.59 Å². The number of carbonyl (C=O) groups is 2. The van der Waals surface area contributed by atoms with Gasteiger partial charge in [-0.2, -0.15) is 0 Å². The van der Waals surface area contributed by atoms with Gasteiger partial charge in [0.15, 0.2) is 0 Å². The van der Waals surface area contributed by atoms with E-state index in [-0.39, 0.29) is 30.0 Å². The highest BCUT2D eigenvalue weighted by Crippen LogP contribution is 2.34. The lowest BCUT2D eigenvalue weighted by molar-refractivity contribution is -0.149. The molecule has 0 spiro atoms. The zero-order valence-corrected chi connectivity index (χ0v) is 16.4. The van der Waals surface area contributed by atoms with Gasteiger partial charge in [-0.3, -0.25) is 9.59 Å². The summed E-state index contributed by atoms with van der Waals surface area (Å²) in [6.07, 6.45) is 5.01. The molecular weight excluding hydrogens is 354 g/mol. The summed E-state index contributed by atoms with van der Waals surface area (Å²) < 4.78 is 6.18. The molecule has 3 saturated heterocycles. The number of carbonyl (C=O) groups excluding carboxylic acids is 2. The van der Waals surface area contributed by atoms with Crippen molar-refractivity contribution in [2.75, 3.05) is 19.6 Å². The van der Waals surface area contributed by atoms with E-state index in [1.54, 1.807) is 0 Å². The average molecular weight is 386 g/mol. The van der Waals surface area contributed by atoms with Crippen LogP contribution in [0.3, 0.4) is 0 Å². The molecule has 2 amide bonds. The molecule has 3 heterocycles. The van der Waals surface area contributed by atoms with Crippen LogP contribution in [0.2, 0.25) is 0 Å². The summed E-state index contributed by atoms with van der Waals surface area (Å²) in [6, 6.07) is 9.81. The summed E-state index contributed by atoms with van der Waals surface area (Å²) >= 11 is 0. The fourth-order valence-electron chi connectivity index (χ4n) is 4.83. The van der Waals surface area contributed by atoms with Crippen LogP contribution in [-0.4, -0.2) is 54.5 Å². The van der Waals surface area contributed by atoms with Crippen molar-refractivity contribution >= 4 is 11.8 Å². The van der Waals surface area contributed by atoms with E-state index in [0.717, 1.165) is 57.3 Å². The normalized spacial score (nSPS) is 28.2. The van der Waals surface area contributed by atoms with E-state index in [1.807, 2.05) is 23.1 Å². The molecule has 0 aromatic heterocycles. The second kappa shape index (κ2) is 9.05. The summed E-state index contributed by atoms with van der Waals surface area (Å²) in [7, 11) is 0. The van der Waals surface area contributed by atoms with Gasteiger partial charge in [0.2, 0.25) is 11.8 Å². The number of hydrogen-bond donors (Lipinski definition) is 2. The van der Waals surface area contributed by atoms with Crippen LogP contribution in [0.25, 0.3) is 0 Å². The summed E-state index contributed by atoms with van der Waals surface area (Å²) in [5.74, 6) is 0.656. The van der Waals surface area contributed by atoms with Crippen LogP contribution in [0.5, 0.6) is 0 Å². The highest BCUT2D eigenvalue weighted by atomic mass is 16.5. The first-order chi connectivity index (χ1) is 13.7. The highest BCUT2D eigenvalue weighted by Gasteiger charge is 2.47. The first-order valence-corrected chi connectivity index (χ1v) is 10.7. The van der Waals surface area contributed by atoms with Crippen molar-refractivity contribution in [2.45, 2.75) is 63.3 Å². The number of ether oxygens (including phenoxy) is 1. The molecule has 28 heavy (non-hydrogen) atoms. The monoisotopic (exact) mass is 385 g/mol. The number of nitrogens with one attached hydrogen (secondary N) is 2. The average Bonchev–Trinajstić information content (AvgIpc) is 3.19. The summed E-state index contributed by atoms with van der Waals surface area (Å²) in [4.78, 5) is 27.2. The predicted molar refractivity (Wildman–Crippen MR) is 107 cm³/mol. The van der Waals surface area contributed by atoms with Crippen LogP contribution in [0.4, 0.5) is 0 Å². The van der Waals surface area contributed by atoms with Gasteiger partial charge in [-0.1, -0.05) is 30.3 Å². The number of fused-ring (bicyclic) bond motifs is 1. The van der Waals surface area contributed by atoms with Gasteiger partial charge in [-0.05, 0) is 56.7 Å². The fourth-order valence-corrected chi connectivity index (χ4v) is 4.83. The number of benzene rings is 1. The van der Waals surface area contributed by atoms with Crippen LogP contribution in [0, 0.1) is 5.92 Å². The smallest absolute Gasteiger partial charge is 0.242 e. The Morgan fingerprint density at radius 1 is 1.11 bits per heavy atom. The van der Waals surface area contributed by atoms with Crippen LogP contribution in [0.1, 0.15) is 44.1 Å². The van der Waals surface area contributed by atoms with Crippen molar-refractivity contribution in [3.05, 3.63) is 35.9 Å². The van der Waals surface area contributed by atoms with Gasteiger partial charge in [0.25, 0.3) is 0 Å². The second-order valence-electron chi connectivity index (χ2n) is 8.27. The third kappa shape index (κ3) is 4.39. The Hall–Kier alpha value is -1.92. The van der Waals surface area contributed by atoms with Gasteiger partial charge in [0, 0.05) is 13.0 Å². The minimum Gasteiger partial charge on any atom is -0.371 e. The number of nitrogens with zero attached hydrogens (tertiary/aromatic N) is 1. The zero-order chi connectivity index (χ0) is 19.3. The van der Waals surface area contributed by atoms with Crippen molar-refractivity contribution in [1.82, 2.24) is 15.5 Å². The van der Waals surface area contributed by atoms with E-state index >= 15 is 0 Å². The Balaban J connectivity index is 1.33. The van der Waals surface area contributed by atoms with Crippen LogP contribution < -0.4 is 10.6 Å². The minimum atomic E-state index is -0.331. The van der Waals surface area contributed by atoms with Gasteiger partial charge in [-0.25, -0.2) is 0 Å². The molecule has 3 atom stereocenters. The van der Waals surface area contributed by atoms with E-state index in [1.165, 1.54) is 0 Å². The number of piperidine rings is 2. The van der Waals surface area contributed by atoms with Gasteiger partial charge in [0.1, 0.15) is 6.04 Å². The Bertz CT molecular complexity index is 675. The first kappa shape index (κ1) is 19.4. The molecule has 0 bridgehead atoms. The third-order valence-electron chi connectivity index (χ3n) is 6.42. The Morgan fingerprint density at radius 3 is 2.68 bits per heavy atom. The van der Waals surface area contributed by atoms with E-state index in [2.05, 4.69) is 22.8 Å². The van der Waals surface area contributed by atoms with Crippen molar-refractivity contribution in [1.29, 1.82) is 0 Å². The van der Waals surface area contributed by atoms with E-state index in [0.29, 0.717) is 18.9 Å². The Kier molecular flexibility index (Phi) is 6.27. The molecule has 6 nitrogen and oxygen atoms in total. The maximum Gasteiger partial charge on any atom is 0.242 e. The largest absolute Gasteiger partial charge is 0.371 e. The SMILES string of the molecule is O=C(NCC1CCNCC1)[C@@H]1CC[C@H]2[C@@H](OCc3ccccc3)CCC(=O)N12. The van der Waals surface area contributed by atoms with E-state index < -0.39 is 0 Å². The van der Waals surface area contributed by atoms with Crippen molar-refractivity contribution in [3.8, 4) is 0 Å². The number of hydrogen-bond acceptors (Lipinski definition) is 4.